The Kier molecular flexibility index (Phi) is 7.78. The molecule has 3 nitrogen and oxygen atoms in total. The van der Waals surface area contributed by atoms with Gasteiger partial charge in [-0.2, -0.15) is 13.2 Å². The van der Waals surface area contributed by atoms with Crippen LogP contribution in [0.15, 0.2) is 41.4 Å². The van der Waals surface area contributed by atoms with Gasteiger partial charge in [0.2, 0.25) is 0 Å². The maximum atomic E-state index is 13.0. The summed E-state index contributed by atoms with van der Waals surface area (Å²) in [6, 6.07) is 9.46. The summed E-state index contributed by atoms with van der Waals surface area (Å²) in [5.41, 5.74) is 7.22. The molecule has 0 fully saturated rings. The molecule has 8 heteroatoms. The number of alkyl halides is 3. The van der Waals surface area contributed by atoms with E-state index in [4.69, 9.17) is 17.3 Å². The first-order chi connectivity index (χ1) is 11.7. The van der Waals surface area contributed by atoms with E-state index in [1.165, 1.54) is 0 Å². The largest absolute Gasteiger partial charge is 0.416 e. The van der Waals surface area contributed by atoms with Crippen LogP contribution in [0, 0.1) is 0 Å². The van der Waals surface area contributed by atoms with Crippen molar-refractivity contribution in [3.63, 3.8) is 0 Å². The number of halogens is 5. The molecule has 3 N–H and O–H groups in total. The van der Waals surface area contributed by atoms with Crippen LogP contribution in [0.5, 0.6) is 0 Å². The van der Waals surface area contributed by atoms with Gasteiger partial charge in [0.05, 0.1) is 16.3 Å². The molecule has 0 spiro atoms. The molecule has 0 atom stereocenters. The molecular weight excluding hydrogens is 386 g/mol. The molecule has 0 amide bonds. The number of aliphatic imine (C=N–C) groups is 1. The lowest BCUT2D eigenvalue weighted by molar-refractivity contribution is -0.137. The molecule has 0 aliphatic rings. The maximum absolute atomic E-state index is 13.0. The minimum absolute atomic E-state index is 0. The molecular formula is C18H20Cl2F3N3. The summed E-state index contributed by atoms with van der Waals surface area (Å²) in [6.45, 7) is 3.75. The number of nitrogens with two attached hydrogens (primary N) is 1. The SMILES string of the molecule is CCc1cccc(NC(N)=Nc2cc(C(F)(F)F)cc(CC)c2Cl)c1.Cl. The fourth-order valence-corrected chi connectivity index (χ4v) is 2.63. The van der Waals surface area contributed by atoms with Crippen LogP contribution >= 0.6 is 24.0 Å². The Hall–Kier alpha value is -1.92. The molecule has 2 aromatic rings. The minimum Gasteiger partial charge on any atom is -0.369 e. The molecule has 2 rings (SSSR count). The van der Waals surface area contributed by atoms with E-state index in [0.717, 1.165) is 24.1 Å². The molecule has 0 radical (unpaired) electrons. The van der Waals surface area contributed by atoms with Gasteiger partial charge in [0.25, 0.3) is 0 Å². The zero-order chi connectivity index (χ0) is 18.6. The van der Waals surface area contributed by atoms with Gasteiger partial charge in [0.15, 0.2) is 5.96 Å². The third kappa shape index (κ3) is 5.54. The molecule has 0 saturated heterocycles. The lowest BCUT2D eigenvalue weighted by Crippen LogP contribution is -2.22. The van der Waals surface area contributed by atoms with Crippen molar-refractivity contribution in [3.05, 3.63) is 58.1 Å². The number of hydrogen-bond acceptors (Lipinski definition) is 1. The molecule has 0 saturated carbocycles. The second-order valence-electron chi connectivity index (χ2n) is 5.50. The van der Waals surface area contributed by atoms with Crippen LogP contribution in [0.2, 0.25) is 5.02 Å². The van der Waals surface area contributed by atoms with E-state index in [9.17, 15) is 13.2 Å². The predicted octanol–water partition coefficient (Wildman–Crippen LogP) is 5.96. The van der Waals surface area contributed by atoms with Crippen molar-refractivity contribution < 1.29 is 13.2 Å². The molecule has 0 heterocycles. The summed E-state index contributed by atoms with van der Waals surface area (Å²) in [4.78, 5) is 4.04. The van der Waals surface area contributed by atoms with Crippen molar-refractivity contribution in [2.24, 2.45) is 10.7 Å². The number of nitrogens with zero attached hydrogens (tertiary/aromatic N) is 1. The first kappa shape index (κ1) is 22.1. The minimum atomic E-state index is -4.48. The summed E-state index contributed by atoms with van der Waals surface area (Å²) >= 11 is 6.17. The Morgan fingerprint density at radius 1 is 1.15 bits per heavy atom. The lowest BCUT2D eigenvalue weighted by atomic mass is 10.1. The zero-order valence-corrected chi connectivity index (χ0v) is 15.9. The molecule has 2 aromatic carbocycles. The van der Waals surface area contributed by atoms with Gasteiger partial charge in [-0.25, -0.2) is 4.99 Å². The Bertz CT molecular complexity index is 790. The highest BCUT2D eigenvalue weighted by Gasteiger charge is 2.32. The van der Waals surface area contributed by atoms with Gasteiger partial charge in [0, 0.05) is 5.69 Å². The molecule has 0 unspecified atom stereocenters. The predicted molar refractivity (Wildman–Crippen MR) is 104 cm³/mol. The average Bonchev–Trinajstić information content (AvgIpc) is 2.55. The summed E-state index contributed by atoms with van der Waals surface area (Å²) in [5.74, 6) is -0.0310. The summed E-state index contributed by atoms with van der Waals surface area (Å²) in [5, 5.41) is 3.04. The van der Waals surface area contributed by atoms with Gasteiger partial charge in [-0.05, 0) is 48.2 Å². The van der Waals surface area contributed by atoms with Crippen molar-refractivity contribution in [2.45, 2.75) is 32.9 Å². The van der Waals surface area contributed by atoms with Gasteiger partial charge in [0.1, 0.15) is 0 Å². The summed E-state index contributed by atoms with van der Waals surface area (Å²) in [7, 11) is 0. The zero-order valence-electron chi connectivity index (χ0n) is 14.3. The van der Waals surface area contributed by atoms with E-state index in [-0.39, 0.29) is 29.1 Å². The number of anilines is 1. The number of guanidine groups is 1. The first-order valence-corrected chi connectivity index (χ1v) is 8.22. The Morgan fingerprint density at radius 3 is 2.42 bits per heavy atom. The molecule has 0 bridgehead atoms. The summed E-state index contributed by atoms with van der Waals surface area (Å²) in [6.07, 6.45) is -3.26. The Balaban J connectivity index is 0.00000338. The van der Waals surface area contributed by atoms with Gasteiger partial charge >= 0.3 is 6.18 Å². The van der Waals surface area contributed by atoms with E-state index >= 15 is 0 Å². The van der Waals surface area contributed by atoms with E-state index < -0.39 is 11.7 Å². The molecule has 26 heavy (non-hydrogen) atoms. The van der Waals surface area contributed by atoms with Crippen LogP contribution in [0.25, 0.3) is 0 Å². The highest BCUT2D eigenvalue weighted by Crippen LogP contribution is 2.37. The number of hydrogen-bond donors (Lipinski definition) is 2. The van der Waals surface area contributed by atoms with Crippen LogP contribution in [-0.2, 0) is 19.0 Å². The fraction of sp³-hybridized carbons (Fsp3) is 0.278. The number of benzene rings is 2. The summed E-state index contributed by atoms with van der Waals surface area (Å²) < 4.78 is 39.1. The quantitative estimate of drug-likeness (QED) is 0.486. The van der Waals surface area contributed by atoms with E-state index in [1.807, 2.05) is 25.1 Å². The van der Waals surface area contributed by atoms with Crippen molar-refractivity contribution >= 4 is 41.3 Å². The smallest absolute Gasteiger partial charge is 0.369 e. The fourth-order valence-electron chi connectivity index (χ4n) is 2.34. The third-order valence-electron chi connectivity index (χ3n) is 3.69. The van der Waals surface area contributed by atoms with E-state index in [2.05, 4.69) is 10.3 Å². The normalized spacial score (nSPS) is 11.8. The van der Waals surface area contributed by atoms with Crippen LogP contribution in [0.3, 0.4) is 0 Å². The Labute approximate surface area is 161 Å². The first-order valence-electron chi connectivity index (χ1n) is 7.84. The van der Waals surface area contributed by atoms with Crippen LogP contribution in [0.4, 0.5) is 24.5 Å². The van der Waals surface area contributed by atoms with Crippen LogP contribution in [-0.4, -0.2) is 5.96 Å². The standard InChI is InChI=1S/C18H19ClF3N3.ClH/c1-3-11-6-5-7-14(8-11)24-17(23)25-15-10-13(18(20,21)22)9-12(4-2)16(15)19;/h5-10H,3-4H2,1-2H3,(H3,23,24,25);1H. The van der Waals surface area contributed by atoms with Gasteiger partial charge < -0.3 is 11.1 Å². The van der Waals surface area contributed by atoms with Crippen molar-refractivity contribution in [1.82, 2.24) is 0 Å². The number of aryl methyl sites for hydroxylation is 2. The monoisotopic (exact) mass is 405 g/mol. The van der Waals surface area contributed by atoms with Gasteiger partial charge in [-0.3, -0.25) is 0 Å². The van der Waals surface area contributed by atoms with Crippen LogP contribution < -0.4 is 11.1 Å². The molecule has 0 aliphatic carbocycles. The number of nitrogens with one attached hydrogen (secondary N) is 1. The third-order valence-corrected chi connectivity index (χ3v) is 4.12. The second-order valence-corrected chi connectivity index (χ2v) is 5.87. The van der Waals surface area contributed by atoms with Crippen molar-refractivity contribution in [1.29, 1.82) is 0 Å². The maximum Gasteiger partial charge on any atom is 0.416 e. The molecule has 0 aliphatic heterocycles. The molecule has 142 valence electrons. The second kappa shape index (κ2) is 9.14. The highest BCUT2D eigenvalue weighted by molar-refractivity contribution is 6.34. The molecule has 0 aromatic heterocycles. The van der Waals surface area contributed by atoms with Crippen molar-refractivity contribution in [3.8, 4) is 0 Å². The average molecular weight is 406 g/mol. The van der Waals surface area contributed by atoms with Crippen molar-refractivity contribution in [2.75, 3.05) is 5.32 Å². The lowest BCUT2D eigenvalue weighted by Gasteiger charge is -2.13. The highest BCUT2D eigenvalue weighted by atomic mass is 35.5. The van der Waals surface area contributed by atoms with E-state index in [1.54, 1.807) is 13.0 Å². The van der Waals surface area contributed by atoms with Gasteiger partial charge in [-0.1, -0.05) is 37.6 Å². The van der Waals surface area contributed by atoms with E-state index in [0.29, 0.717) is 17.7 Å². The van der Waals surface area contributed by atoms with Gasteiger partial charge in [-0.15, -0.1) is 12.4 Å². The topological polar surface area (TPSA) is 50.4 Å². The Morgan fingerprint density at radius 2 is 1.85 bits per heavy atom. The van der Waals surface area contributed by atoms with Crippen LogP contribution in [0.1, 0.15) is 30.5 Å². The number of rotatable bonds is 4.